The maximum Gasteiger partial charge on any atom is 0.324 e. The second kappa shape index (κ2) is 9.27. The molecule has 0 aromatic heterocycles. The number of hydrogen-bond acceptors (Lipinski definition) is 5. The number of fused-ring (bicyclic) bond motifs is 4. The number of benzene rings is 1. The predicted molar refractivity (Wildman–Crippen MR) is 123 cm³/mol. The topological polar surface area (TPSA) is 99.3 Å². The second-order valence-corrected chi connectivity index (χ2v) is 9.96. The Bertz CT molecular complexity index is 980. The molecule has 182 valence electrons. The SMILES string of the molecule is COc1ccc(CCN2C(=O)N[C@@H](CC(=O)N3C[C@H]4C[C@@H](C3)[C@@H]3CCCC(=O)N3C4)C2=O)cc1. The zero-order chi connectivity index (χ0) is 23.8. The summed E-state index contributed by atoms with van der Waals surface area (Å²) in [6.07, 6.45) is 4.13. The van der Waals surface area contributed by atoms with Gasteiger partial charge in [0.15, 0.2) is 0 Å². The van der Waals surface area contributed by atoms with Gasteiger partial charge in [-0.1, -0.05) is 12.1 Å². The standard InChI is InChI=1S/C25H32N4O5/c1-34-19-7-5-16(6-8-19)9-10-28-24(32)20(26-25(28)33)12-23(31)27-13-17-11-18(15-27)21-3-2-4-22(30)29(21)14-17/h5-8,17-18,20-21H,2-4,9-15H2,1H3,(H,26,33)/t17-,18+,20+,21+/m1/s1. The summed E-state index contributed by atoms with van der Waals surface area (Å²) in [6, 6.07) is 6.49. The van der Waals surface area contributed by atoms with Crippen molar-refractivity contribution in [1.29, 1.82) is 0 Å². The quantitative estimate of drug-likeness (QED) is 0.637. The molecule has 0 aliphatic carbocycles. The number of piperidine rings is 3. The van der Waals surface area contributed by atoms with Gasteiger partial charge in [0.1, 0.15) is 11.8 Å². The van der Waals surface area contributed by atoms with Crippen LogP contribution in [-0.2, 0) is 20.8 Å². The Morgan fingerprint density at radius 1 is 1.12 bits per heavy atom. The predicted octanol–water partition coefficient (Wildman–Crippen LogP) is 1.41. The first-order valence-corrected chi connectivity index (χ1v) is 12.2. The van der Waals surface area contributed by atoms with Gasteiger partial charge in [-0.15, -0.1) is 0 Å². The van der Waals surface area contributed by atoms with E-state index in [0.29, 0.717) is 31.8 Å². The van der Waals surface area contributed by atoms with Crippen LogP contribution in [0.3, 0.4) is 0 Å². The summed E-state index contributed by atoms with van der Waals surface area (Å²) < 4.78 is 5.16. The molecule has 4 heterocycles. The van der Waals surface area contributed by atoms with E-state index in [1.54, 1.807) is 7.11 Å². The Kier molecular flexibility index (Phi) is 6.18. The Morgan fingerprint density at radius 3 is 2.68 bits per heavy atom. The normalized spacial score (nSPS) is 28.6. The van der Waals surface area contributed by atoms with Crippen LogP contribution >= 0.6 is 0 Å². The minimum Gasteiger partial charge on any atom is -0.497 e. The van der Waals surface area contributed by atoms with Crippen LogP contribution in [0.5, 0.6) is 5.75 Å². The molecule has 2 bridgehead atoms. The van der Waals surface area contributed by atoms with Crippen molar-refractivity contribution in [1.82, 2.24) is 20.0 Å². The number of methoxy groups -OCH3 is 1. The smallest absolute Gasteiger partial charge is 0.324 e. The van der Waals surface area contributed by atoms with Crippen molar-refractivity contribution < 1.29 is 23.9 Å². The lowest BCUT2D eigenvalue weighted by Gasteiger charge is -2.52. The molecule has 9 nitrogen and oxygen atoms in total. The minimum atomic E-state index is -0.814. The molecule has 0 radical (unpaired) electrons. The molecule has 9 heteroatoms. The van der Waals surface area contributed by atoms with Gasteiger partial charge in [-0.2, -0.15) is 0 Å². The van der Waals surface area contributed by atoms with Crippen molar-refractivity contribution in [2.75, 3.05) is 33.3 Å². The number of ether oxygens (including phenoxy) is 1. The van der Waals surface area contributed by atoms with Crippen molar-refractivity contribution in [2.24, 2.45) is 11.8 Å². The fourth-order valence-electron chi connectivity index (χ4n) is 6.08. The zero-order valence-corrected chi connectivity index (χ0v) is 19.6. The molecule has 4 aliphatic heterocycles. The number of nitrogens with one attached hydrogen (secondary N) is 1. The number of likely N-dealkylation sites (tertiary alicyclic amines) is 1. The maximum atomic E-state index is 13.1. The molecule has 4 aliphatic rings. The van der Waals surface area contributed by atoms with Gasteiger partial charge in [-0.3, -0.25) is 19.3 Å². The largest absolute Gasteiger partial charge is 0.497 e. The Balaban J connectivity index is 1.16. The van der Waals surface area contributed by atoms with Crippen molar-refractivity contribution in [3.8, 4) is 5.75 Å². The molecule has 1 aromatic carbocycles. The highest BCUT2D eigenvalue weighted by molar-refractivity contribution is 6.05. The summed E-state index contributed by atoms with van der Waals surface area (Å²) in [5.74, 6) is 1.15. The number of carbonyl (C=O) groups excluding carboxylic acids is 4. The molecule has 0 unspecified atom stereocenters. The summed E-state index contributed by atoms with van der Waals surface area (Å²) in [5, 5.41) is 2.70. The fourth-order valence-corrected chi connectivity index (χ4v) is 6.08. The number of carbonyl (C=O) groups is 4. The lowest BCUT2D eigenvalue weighted by molar-refractivity contribution is -0.149. The summed E-state index contributed by atoms with van der Waals surface area (Å²) in [4.78, 5) is 55.9. The van der Waals surface area contributed by atoms with E-state index in [1.165, 1.54) is 4.90 Å². The van der Waals surface area contributed by atoms with E-state index < -0.39 is 12.1 Å². The lowest BCUT2D eigenvalue weighted by atomic mass is 9.76. The highest BCUT2D eigenvalue weighted by Crippen LogP contribution is 2.38. The molecule has 5 amide bonds. The van der Waals surface area contributed by atoms with E-state index in [4.69, 9.17) is 4.74 Å². The van der Waals surface area contributed by atoms with Gasteiger partial charge < -0.3 is 19.9 Å². The number of hydrogen-bond donors (Lipinski definition) is 1. The van der Waals surface area contributed by atoms with Crippen LogP contribution in [0.1, 0.15) is 37.7 Å². The van der Waals surface area contributed by atoms with Crippen molar-refractivity contribution in [3.05, 3.63) is 29.8 Å². The van der Waals surface area contributed by atoms with Crippen molar-refractivity contribution >= 4 is 23.8 Å². The molecule has 34 heavy (non-hydrogen) atoms. The molecule has 0 spiro atoms. The Labute approximate surface area is 199 Å². The number of urea groups is 1. The van der Waals surface area contributed by atoms with Crippen LogP contribution in [0.4, 0.5) is 4.79 Å². The number of imide groups is 1. The maximum absolute atomic E-state index is 13.1. The van der Waals surface area contributed by atoms with Gasteiger partial charge in [0.2, 0.25) is 11.8 Å². The average Bonchev–Trinajstić information content (AvgIpc) is 3.10. The number of nitrogens with zero attached hydrogens (tertiary/aromatic N) is 3. The second-order valence-electron chi connectivity index (χ2n) is 9.96. The monoisotopic (exact) mass is 468 g/mol. The third-order valence-electron chi connectivity index (χ3n) is 7.80. The summed E-state index contributed by atoms with van der Waals surface area (Å²) in [6.45, 7) is 2.23. The van der Waals surface area contributed by atoms with Gasteiger partial charge >= 0.3 is 6.03 Å². The first kappa shape index (κ1) is 22.7. The van der Waals surface area contributed by atoms with Crippen LogP contribution in [0.25, 0.3) is 0 Å². The fraction of sp³-hybridized carbons (Fsp3) is 0.600. The molecular formula is C25H32N4O5. The van der Waals surface area contributed by atoms with Crippen LogP contribution < -0.4 is 10.1 Å². The summed E-state index contributed by atoms with van der Waals surface area (Å²) in [5.41, 5.74) is 0.996. The molecule has 1 aromatic rings. The van der Waals surface area contributed by atoms with Crippen LogP contribution in [0, 0.1) is 11.8 Å². The number of amides is 5. The van der Waals surface area contributed by atoms with E-state index in [2.05, 4.69) is 5.32 Å². The first-order chi connectivity index (χ1) is 16.4. The van der Waals surface area contributed by atoms with Crippen LogP contribution in [-0.4, -0.2) is 83.8 Å². The van der Waals surface area contributed by atoms with E-state index in [0.717, 1.165) is 37.1 Å². The minimum absolute atomic E-state index is 0.0175. The van der Waals surface area contributed by atoms with E-state index >= 15 is 0 Å². The van der Waals surface area contributed by atoms with Gasteiger partial charge in [0.25, 0.3) is 5.91 Å². The van der Waals surface area contributed by atoms with Crippen LogP contribution in [0.2, 0.25) is 0 Å². The Hall–Kier alpha value is -3.10. The van der Waals surface area contributed by atoms with Gasteiger partial charge in [-0.05, 0) is 55.2 Å². The van der Waals surface area contributed by atoms with E-state index in [-0.39, 0.29) is 42.6 Å². The van der Waals surface area contributed by atoms with Gasteiger partial charge in [-0.25, -0.2) is 4.79 Å². The van der Waals surface area contributed by atoms with Crippen molar-refractivity contribution in [2.45, 2.75) is 50.6 Å². The molecule has 5 rings (SSSR count). The molecule has 0 saturated carbocycles. The Morgan fingerprint density at radius 2 is 1.91 bits per heavy atom. The molecule has 4 fully saturated rings. The van der Waals surface area contributed by atoms with E-state index in [1.807, 2.05) is 34.1 Å². The van der Waals surface area contributed by atoms with Gasteiger partial charge in [0, 0.05) is 38.6 Å². The number of rotatable bonds is 6. The molecule has 4 atom stereocenters. The van der Waals surface area contributed by atoms with E-state index in [9.17, 15) is 19.2 Å². The summed E-state index contributed by atoms with van der Waals surface area (Å²) in [7, 11) is 1.60. The first-order valence-electron chi connectivity index (χ1n) is 12.2. The third kappa shape index (κ3) is 4.35. The molecule has 1 N–H and O–H groups in total. The van der Waals surface area contributed by atoms with Crippen LogP contribution in [0.15, 0.2) is 24.3 Å². The third-order valence-corrected chi connectivity index (χ3v) is 7.80. The zero-order valence-electron chi connectivity index (χ0n) is 19.6. The van der Waals surface area contributed by atoms with Gasteiger partial charge in [0.05, 0.1) is 13.5 Å². The highest BCUT2D eigenvalue weighted by Gasteiger charge is 2.46. The molecular weight excluding hydrogens is 436 g/mol. The molecule has 4 saturated heterocycles. The highest BCUT2D eigenvalue weighted by atomic mass is 16.5. The van der Waals surface area contributed by atoms with Crippen molar-refractivity contribution in [3.63, 3.8) is 0 Å². The average molecular weight is 469 g/mol. The summed E-state index contributed by atoms with van der Waals surface area (Å²) >= 11 is 0. The lowest BCUT2D eigenvalue weighted by Crippen LogP contribution is -2.61.